The maximum atomic E-state index is 10.9. The largest absolute Gasteiger partial charge is 0.383 e. The zero-order chi connectivity index (χ0) is 14.7. The summed E-state index contributed by atoms with van der Waals surface area (Å²) >= 11 is 0. The molecule has 1 N–H and O–H groups in total. The first-order valence-corrected chi connectivity index (χ1v) is 7.27. The summed E-state index contributed by atoms with van der Waals surface area (Å²) in [6.45, 7) is 5.36. The van der Waals surface area contributed by atoms with Crippen LogP contribution in [0.3, 0.4) is 0 Å². The quantitative estimate of drug-likeness (QED) is 0.662. The van der Waals surface area contributed by atoms with E-state index in [1.807, 2.05) is 12.1 Å². The smallest absolute Gasteiger partial charge is 0.292 e. The summed E-state index contributed by atoms with van der Waals surface area (Å²) in [4.78, 5) is 13.1. The number of nitrogens with one attached hydrogen (secondary N) is 1. The zero-order valence-corrected chi connectivity index (χ0v) is 12.4. The molecule has 2 rings (SSSR count). The highest BCUT2D eigenvalue weighted by Crippen LogP contribution is 2.30. The van der Waals surface area contributed by atoms with E-state index in [4.69, 9.17) is 0 Å². The molecule has 2 unspecified atom stereocenters. The highest BCUT2D eigenvalue weighted by Gasteiger charge is 2.29. The van der Waals surface area contributed by atoms with Crippen LogP contribution in [0.15, 0.2) is 18.2 Å². The van der Waals surface area contributed by atoms with E-state index >= 15 is 0 Å². The molecule has 0 radical (unpaired) electrons. The van der Waals surface area contributed by atoms with E-state index in [2.05, 4.69) is 24.1 Å². The van der Waals surface area contributed by atoms with Crippen molar-refractivity contribution >= 4 is 11.4 Å². The number of rotatable bonds is 5. The van der Waals surface area contributed by atoms with E-state index in [1.165, 1.54) is 12.8 Å². The average molecular weight is 277 g/mol. The lowest BCUT2D eigenvalue weighted by Crippen LogP contribution is -2.33. The number of likely N-dealkylation sites (tertiary alicyclic amines) is 1. The van der Waals surface area contributed by atoms with Crippen LogP contribution in [-0.4, -0.2) is 29.0 Å². The fraction of sp³-hybridized carbons (Fsp3) is 0.600. The van der Waals surface area contributed by atoms with Crippen LogP contribution in [0.4, 0.5) is 11.4 Å². The predicted octanol–water partition coefficient (Wildman–Crippen LogP) is 3.40. The fourth-order valence-electron chi connectivity index (χ4n) is 3.10. The highest BCUT2D eigenvalue weighted by atomic mass is 16.6. The molecule has 5 nitrogen and oxygen atoms in total. The molecular formula is C15H23N3O2. The van der Waals surface area contributed by atoms with Gasteiger partial charge < -0.3 is 5.32 Å². The van der Waals surface area contributed by atoms with E-state index in [0.717, 1.165) is 18.5 Å². The molecule has 0 spiro atoms. The van der Waals surface area contributed by atoms with Gasteiger partial charge in [0.05, 0.1) is 4.92 Å². The Balaban J connectivity index is 2.19. The zero-order valence-electron chi connectivity index (χ0n) is 12.4. The lowest BCUT2D eigenvalue weighted by Gasteiger charge is -2.27. The van der Waals surface area contributed by atoms with E-state index in [1.54, 1.807) is 13.1 Å². The third-order valence-corrected chi connectivity index (χ3v) is 4.32. The normalized spacial score (nSPS) is 22.9. The van der Waals surface area contributed by atoms with Crippen molar-refractivity contribution in [1.29, 1.82) is 0 Å². The number of nitro groups is 1. The summed E-state index contributed by atoms with van der Waals surface area (Å²) in [7, 11) is 1.72. The Morgan fingerprint density at radius 3 is 2.80 bits per heavy atom. The minimum atomic E-state index is -0.344. The van der Waals surface area contributed by atoms with E-state index in [9.17, 15) is 10.1 Å². The Morgan fingerprint density at radius 2 is 2.20 bits per heavy atom. The van der Waals surface area contributed by atoms with Gasteiger partial charge in [-0.15, -0.1) is 0 Å². The van der Waals surface area contributed by atoms with Crippen molar-refractivity contribution in [3.05, 3.63) is 33.9 Å². The predicted molar refractivity (Wildman–Crippen MR) is 81.0 cm³/mol. The van der Waals surface area contributed by atoms with Crippen LogP contribution in [-0.2, 0) is 6.54 Å². The molecule has 5 heteroatoms. The van der Waals surface area contributed by atoms with E-state index in [0.29, 0.717) is 17.8 Å². The first-order chi connectivity index (χ1) is 9.56. The topological polar surface area (TPSA) is 58.4 Å². The van der Waals surface area contributed by atoms with Gasteiger partial charge in [-0.25, -0.2) is 0 Å². The Kier molecular flexibility index (Phi) is 4.60. The molecule has 1 aliphatic rings. The second-order valence-corrected chi connectivity index (χ2v) is 5.52. The standard InChI is InChI=1S/C15H23N3O2/c1-4-13-7-5-11(2)17(13)10-12-6-8-15(18(19)20)14(9-12)16-3/h6,8-9,11,13,16H,4-5,7,10H2,1-3H3. The number of nitrogens with zero attached hydrogens (tertiary/aromatic N) is 2. The van der Waals surface area contributed by atoms with Crippen molar-refractivity contribution in [1.82, 2.24) is 4.90 Å². The summed E-state index contributed by atoms with van der Waals surface area (Å²) in [5.74, 6) is 0. The van der Waals surface area contributed by atoms with Crippen LogP contribution >= 0.6 is 0 Å². The third-order valence-electron chi connectivity index (χ3n) is 4.32. The van der Waals surface area contributed by atoms with Crippen LogP contribution in [0, 0.1) is 10.1 Å². The number of anilines is 1. The van der Waals surface area contributed by atoms with Gasteiger partial charge in [0, 0.05) is 31.7 Å². The molecule has 1 saturated heterocycles. The molecule has 20 heavy (non-hydrogen) atoms. The van der Waals surface area contributed by atoms with Crippen molar-refractivity contribution in [3.8, 4) is 0 Å². The third kappa shape index (κ3) is 2.93. The number of hydrogen-bond acceptors (Lipinski definition) is 4. The molecule has 0 aromatic heterocycles. The number of nitro benzene ring substituents is 1. The second kappa shape index (κ2) is 6.22. The van der Waals surface area contributed by atoms with Gasteiger partial charge >= 0.3 is 0 Å². The second-order valence-electron chi connectivity index (χ2n) is 5.52. The SMILES string of the molecule is CCC1CCC(C)N1Cc1ccc([N+](=O)[O-])c(NC)c1. The van der Waals surface area contributed by atoms with Gasteiger partial charge in [0.25, 0.3) is 5.69 Å². The monoisotopic (exact) mass is 277 g/mol. The summed E-state index contributed by atoms with van der Waals surface area (Å²) in [5.41, 5.74) is 1.86. The van der Waals surface area contributed by atoms with Crippen LogP contribution in [0.2, 0.25) is 0 Å². The summed E-state index contributed by atoms with van der Waals surface area (Å²) in [6, 6.07) is 6.60. The van der Waals surface area contributed by atoms with Gasteiger partial charge in [-0.05, 0) is 37.8 Å². The molecule has 0 amide bonds. The molecule has 0 bridgehead atoms. The van der Waals surface area contributed by atoms with Crippen molar-refractivity contribution in [2.75, 3.05) is 12.4 Å². The van der Waals surface area contributed by atoms with Crippen LogP contribution in [0.25, 0.3) is 0 Å². The van der Waals surface area contributed by atoms with Crippen LogP contribution < -0.4 is 5.32 Å². The lowest BCUT2D eigenvalue weighted by molar-refractivity contribution is -0.384. The van der Waals surface area contributed by atoms with Crippen molar-refractivity contribution in [2.24, 2.45) is 0 Å². The molecule has 0 aliphatic carbocycles. The van der Waals surface area contributed by atoms with E-state index < -0.39 is 0 Å². The Labute approximate surface area is 120 Å². The molecule has 1 aliphatic heterocycles. The van der Waals surface area contributed by atoms with Gasteiger partial charge in [-0.3, -0.25) is 15.0 Å². The van der Waals surface area contributed by atoms with Crippen LogP contribution in [0.1, 0.15) is 38.7 Å². The van der Waals surface area contributed by atoms with Gasteiger partial charge in [0.15, 0.2) is 0 Å². The lowest BCUT2D eigenvalue weighted by atomic mass is 10.1. The molecular weight excluding hydrogens is 254 g/mol. The van der Waals surface area contributed by atoms with Crippen molar-refractivity contribution in [3.63, 3.8) is 0 Å². The van der Waals surface area contributed by atoms with Crippen LogP contribution in [0.5, 0.6) is 0 Å². The average Bonchev–Trinajstić information content (AvgIpc) is 2.79. The number of benzene rings is 1. The minimum absolute atomic E-state index is 0.137. The maximum absolute atomic E-state index is 10.9. The maximum Gasteiger partial charge on any atom is 0.292 e. The summed E-state index contributed by atoms with van der Waals surface area (Å²) in [5, 5.41) is 13.9. The van der Waals surface area contributed by atoms with Crippen molar-refractivity contribution < 1.29 is 4.92 Å². The highest BCUT2D eigenvalue weighted by molar-refractivity contribution is 5.62. The Morgan fingerprint density at radius 1 is 1.45 bits per heavy atom. The van der Waals surface area contributed by atoms with Gasteiger partial charge in [-0.1, -0.05) is 13.0 Å². The fourth-order valence-corrected chi connectivity index (χ4v) is 3.10. The Bertz CT molecular complexity index is 490. The first-order valence-electron chi connectivity index (χ1n) is 7.27. The number of hydrogen-bond donors (Lipinski definition) is 1. The molecule has 1 fully saturated rings. The summed E-state index contributed by atoms with van der Waals surface area (Å²) in [6.07, 6.45) is 3.66. The molecule has 1 aromatic carbocycles. The van der Waals surface area contributed by atoms with Gasteiger partial charge in [-0.2, -0.15) is 0 Å². The van der Waals surface area contributed by atoms with Gasteiger partial charge in [0.1, 0.15) is 5.69 Å². The Hall–Kier alpha value is -1.62. The van der Waals surface area contributed by atoms with E-state index in [-0.39, 0.29) is 10.6 Å². The first kappa shape index (κ1) is 14.8. The molecule has 1 heterocycles. The molecule has 0 saturated carbocycles. The molecule has 110 valence electrons. The summed E-state index contributed by atoms with van der Waals surface area (Å²) < 4.78 is 0. The van der Waals surface area contributed by atoms with Gasteiger partial charge in [0.2, 0.25) is 0 Å². The van der Waals surface area contributed by atoms with Crippen molar-refractivity contribution in [2.45, 2.75) is 51.7 Å². The molecule has 1 aromatic rings. The minimum Gasteiger partial charge on any atom is -0.383 e. The molecule has 2 atom stereocenters.